The molecule has 7 nitrogen and oxygen atoms in total. The largest absolute Gasteiger partial charge is 0.329 e. The van der Waals surface area contributed by atoms with Gasteiger partial charge in [-0.1, -0.05) is 31.2 Å². The monoisotopic (exact) mass is 365 g/mol. The van der Waals surface area contributed by atoms with E-state index in [0.717, 1.165) is 4.57 Å². The van der Waals surface area contributed by atoms with Crippen LogP contribution in [0.15, 0.2) is 58.1 Å². The number of H-pyrrole nitrogens is 1. The third-order valence-electron chi connectivity index (χ3n) is 4.37. The van der Waals surface area contributed by atoms with Gasteiger partial charge in [-0.3, -0.25) is 14.4 Å². The molecule has 2 aromatic carbocycles. The molecule has 3 aromatic rings. The van der Waals surface area contributed by atoms with Crippen molar-refractivity contribution in [2.75, 3.05) is 5.32 Å². The molecule has 0 bridgehead atoms. The number of hydrogen-bond donors (Lipinski definition) is 2. The van der Waals surface area contributed by atoms with E-state index in [1.807, 2.05) is 0 Å². The van der Waals surface area contributed by atoms with Crippen LogP contribution < -0.4 is 16.6 Å². The molecule has 0 fully saturated rings. The molecule has 0 spiro atoms. The van der Waals surface area contributed by atoms with E-state index < -0.39 is 23.2 Å². The van der Waals surface area contributed by atoms with Gasteiger partial charge in [0.1, 0.15) is 6.04 Å². The van der Waals surface area contributed by atoms with Crippen molar-refractivity contribution in [1.29, 1.82) is 0 Å². The lowest BCUT2D eigenvalue weighted by Crippen LogP contribution is -2.42. The molecule has 1 aromatic heterocycles. The Morgan fingerprint density at radius 1 is 1.11 bits per heavy atom. The molecule has 3 rings (SSSR count). The van der Waals surface area contributed by atoms with E-state index >= 15 is 0 Å². The molecule has 0 unspecified atom stereocenters. The fraction of sp³-hybridized carbons (Fsp3) is 0.200. The molecule has 138 valence electrons. The highest BCUT2D eigenvalue weighted by atomic mass is 16.2. The number of fused-ring (bicyclic) bond motifs is 1. The number of amides is 1. The predicted octanol–water partition coefficient (Wildman–Crippen LogP) is 2.48. The van der Waals surface area contributed by atoms with Crippen molar-refractivity contribution in [3.05, 3.63) is 74.9 Å². The van der Waals surface area contributed by atoms with Gasteiger partial charge in [0, 0.05) is 11.3 Å². The van der Waals surface area contributed by atoms with Crippen molar-refractivity contribution >= 4 is 28.3 Å². The average Bonchev–Trinajstić information content (AvgIpc) is 2.65. The second kappa shape index (κ2) is 7.41. The highest BCUT2D eigenvalue weighted by Crippen LogP contribution is 2.16. The molecule has 0 aliphatic heterocycles. The summed E-state index contributed by atoms with van der Waals surface area (Å²) >= 11 is 0. The first-order valence-corrected chi connectivity index (χ1v) is 8.57. The SMILES string of the molecule is CC[C@@H](C(=O)Nc1cccc(C(C)=O)c1)n1c(=O)[nH]c2ccccc2c1=O. The number of carbonyl (C=O) groups is 2. The third-order valence-corrected chi connectivity index (χ3v) is 4.37. The van der Waals surface area contributed by atoms with Gasteiger partial charge in [-0.2, -0.15) is 0 Å². The molecule has 27 heavy (non-hydrogen) atoms. The van der Waals surface area contributed by atoms with E-state index in [1.54, 1.807) is 55.5 Å². The maximum atomic E-state index is 12.8. The van der Waals surface area contributed by atoms with Crippen molar-refractivity contribution in [3.63, 3.8) is 0 Å². The fourth-order valence-corrected chi connectivity index (χ4v) is 2.99. The summed E-state index contributed by atoms with van der Waals surface area (Å²) in [6.07, 6.45) is 0.250. The molecule has 7 heteroatoms. The van der Waals surface area contributed by atoms with Gasteiger partial charge in [0.05, 0.1) is 10.9 Å². The number of Topliss-reactive ketones (excluding diaryl/α,β-unsaturated/α-hetero) is 1. The summed E-state index contributed by atoms with van der Waals surface area (Å²) in [5.74, 6) is -0.624. The fourth-order valence-electron chi connectivity index (χ4n) is 2.99. The number of rotatable bonds is 5. The van der Waals surface area contributed by atoms with E-state index in [2.05, 4.69) is 10.3 Å². The number of nitrogens with one attached hydrogen (secondary N) is 2. The summed E-state index contributed by atoms with van der Waals surface area (Å²) in [5, 5.41) is 3.02. The van der Waals surface area contributed by atoms with Gasteiger partial charge in [-0.05, 0) is 37.6 Å². The van der Waals surface area contributed by atoms with Gasteiger partial charge in [0.25, 0.3) is 5.56 Å². The van der Waals surface area contributed by atoms with Crippen LogP contribution >= 0.6 is 0 Å². The Labute approximate surface area is 154 Å². The van der Waals surface area contributed by atoms with Crippen LogP contribution in [0.5, 0.6) is 0 Å². The van der Waals surface area contributed by atoms with Crippen LogP contribution in [-0.4, -0.2) is 21.2 Å². The number of hydrogen-bond acceptors (Lipinski definition) is 4. The van der Waals surface area contributed by atoms with E-state index in [0.29, 0.717) is 22.2 Å². The lowest BCUT2D eigenvalue weighted by atomic mass is 10.1. The summed E-state index contributed by atoms with van der Waals surface area (Å²) in [5.41, 5.74) is 0.151. The van der Waals surface area contributed by atoms with E-state index in [1.165, 1.54) is 6.92 Å². The number of aromatic amines is 1. The summed E-state index contributed by atoms with van der Waals surface area (Å²) in [6.45, 7) is 3.15. The zero-order valence-electron chi connectivity index (χ0n) is 15.0. The average molecular weight is 365 g/mol. The van der Waals surface area contributed by atoms with Crippen molar-refractivity contribution in [3.8, 4) is 0 Å². The maximum absolute atomic E-state index is 12.8. The van der Waals surface area contributed by atoms with Crippen LogP contribution in [0.1, 0.15) is 36.7 Å². The molecule has 0 saturated heterocycles. The number of benzene rings is 2. The van der Waals surface area contributed by atoms with Gasteiger partial charge in [-0.25, -0.2) is 9.36 Å². The summed E-state index contributed by atoms with van der Waals surface area (Å²) in [4.78, 5) is 52.1. The first-order chi connectivity index (χ1) is 12.9. The minimum atomic E-state index is -0.980. The van der Waals surface area contributed by atoms with Gasteiger partial charge >= 0.3 is 5.69 Å². The highest BCUT2D eigenvalue weighted by molar-refractivity contribution is 5.98. The van der Waals surface area contributed by atoms with E-state index in [4.69, 9.17) is 0 Å². The molecule has 0 aliphatic carbocycles. The summed E-state index contributed by atoms with van der Waals surface area (Å²) in [6, 6.07) is 12.2. The first kappa shape index (κ1) is 18.3. The lowest BCUT2D eigenvalue weighted by molar-refractivity contribution is -0.119. The molecule has 0 aliphatic rings. The molecular weight excluding hydrogens is 346 g/mol. The maximum Gasteiger partial charge on any atom is 0.329 e. The number of anilines is 1. The van der Waals surface area contributed by atoms with Gasteiger partial charge in [0.15, 0.2) is 5.78 Å². The van der Waals surface area contributed by atoms with Crippen molar-refractivity contribution in [2.45, 2.75) is 26.3 Å². The van der Waals surface area contributed by atoms with Crippen LogP contribution in [0.4, 0.5) is 5.69 Å². The van der Waals surface area contributed by atoms with Gasteiger partial charge in [0.2, 0.25) is 5.91 Å². The van der Waals surface area contributed by atoms with E-state index in [9.17, 15) is 19.2 Å². The zero-order valence-corrected chi connectivity index (χ0v) is 15.0. The zero-order chi connectivity index (χ0) is 19.6. The van der Waals surface area contributed by atoms with E-state index in [-0.39, 0.29) is 12.2 Å². The topological polar surface area (TPSA) is 101 Å². The second-order valence-electron chi connectivity index (χ2n) is 6.20. The predicted molar refractivity (Wildman–Crippen MR) is 103 cm³/mol. The first-order valence-electron chi connectivity index (χ1n) is 8.57. The van der Waals surface area contributed by atoms with Crippen molar-refractivity contribution in [1.82, 2.24) is 9.55 Å². The number of para-hydroxylation sites is 1. The Balaban J connectivity index is 2.00. The van der Waals surface area contributed by atoms with Crippen LogP contribution in [0.2, 0.25) is 0 Å². The Morgan fingerprint density at radius 3 is 2.56 bits per heavy atom. The smallest absolute Gasteiger partial charge is 0.324 e. The lowest BCUT2D eigenvalue weighted by Gasteiger charge is -2.17. The minimum Gasteiger partial charge on any atom is -0.324 e. The van der Waals surface area contributed by atoms with Crippen LogP contribution in [0.25, 0.3) is 10.9 Å². The minimum absolute atomic E-state index is 0.125. The Morgan fingerprint density at radius 2 is 1.85 bits per heavy atom. The molecule has 0 radical (unpaired) electrons. The second-order valence-corrected chi connectivity index (χ2v) is 6.20. The van der Waals surface area contributed by atoms with Crippen molar-refractivity contribution in [2.24, 2.45) is 0 Å². The number of carbonyl (C=O) groups excluding carboxylic acids is 2. The Bertz CT molecular complexity index is 1140. The van der Waals surface area contributed by atoms with Crippen LogP contribution in [0.3, 0.4) is 0 Å². The van der Waals surface area contributed by atoms with Gasteiger partial charge < -0.3 is 10.3 Å². The standard InChI is InChI=1S/C20H19N3O4/c1-3-17(18(25)21-14-8-6-7-13(11-14)12(2)24)23-19(26)15-9-4-5-10-16(15)22-20(23)27/h4-11,17H,3H2,1-2H3,(H,21,25)(H,22,27)/t17-/m0/s1. The molecular formula is C20H19N3O4. The molecule has 2 N–H and O–H groups in total. The molecule has 0 saturated carbocycles. The highest BCUT2D eigenvalue weighted by Gasteiger charge is 2.23. The number of ketones is 1. The molecule has 1 heterocycles. The number of aromatic nitrogens is 2. The summed E-state index contributed by atoms with van der Waals surface area (Å²) in [7, 11) is 0. The molecule has 1 atom stereocenters. The Kier molecular flexibility index (Phi) is 5.03. The van der Waals surface area contributed by atoms with Crippen molar-refractivity contribution < 1.29 is 9.59 Å². The quantitative estimate of drug-likeness (QED) is 0.678. The summed E-state index contributed by atoms with van der Waals surface area (Å²) < 4.78 is 0.937. The number of nitrogens with zero attached hydrogens (tertiary/aromatic N) is 1. The third kappa shape index (κ3) is 3.57. The normalized spacial score (nSPS) is 11.9. The van der Waals surface area contributed by atoms with Crippen LogP contribution in [-0.2, 0) is 4.79 Å². The van der Waals surface area contributed by atoms with Crippen LogP contribution in [0, 0.1) is 0 Å². The molecule has 1 amide bonds. The van der Waals surface area contributed by atoms with Gasteiger partial charge in [-0.15, -0.1) is 0 Å². The Hall–Kier alpha value is -3.48.